The van der Waals surface area contributed by atoms with Crippen LogP contribution in [-0.4, -0.2) is 41.9 Å². The maximum Gasteiger partial charge on any atom is 0.254 e. The minimum Gasteiger partial charge on any atom is -0.496 e. The lowest BCUT2D eigenvalue weighted by Gasteiger charge is -2.32. The number of fused-ring (bicyclic) bond motifs is 1. The minimum absolute atomic E-state index is 0.0557. The average Bonchev–Trinajstić information content (AvgIpc) is 2.79. The van der Waals surface area contributed by atoms with Crippen LogP contribution in [-0.2, 0) is 4.79 Å². The van der Waals surface area contributed by atoms with E-state index in [1.165, 1.54) is 0 Å². The molecule has 2 heterocycles. The van der Waals surface area contributed by atoms with E-state index in [9.17, 15) is 9.59 Å². The molecule has 1 atom stereocenters. The van der Waals surface area contributed by atoms with Crippen LogP contribution in [0.15, 0.2) is 54.7 Å². The van der Waals surface area contributed by atoms with Crippen LogP contribution in [0, 0.1) is 12.8 Å². The van der Waals surface area contributed by atoms with Gasteiger partial charge in [0.05, 0.1) is 13.0 Å². The van der Waals surface area contributed by atoms with E-state index in [4.69, 9.17) is 4.74 Å². The fourth-order valence-electron chi connectivity index (χ4n) is 3.95. The van der Waals surface area contributed by atoms with Gasteiger partial charge in [0.25, 0.3) is 5.91 Å². The highest BCUT2D eigenvalue weighted by atomic mass is 16.5. The van der Waals surface area contributed by atoms with Crippen molar-refractivity contribution in [2.75, 3.05) is 25.5 Å². The van der Waals surface area contributed by atoms with Crippen LogP contribution in [0.5, 0.6) is 5.75 Å². The lowest BCUT2D eigenvalue weighted by molar-refractivity contribution is -0.121. The quantitative estimate of drug-likeness (QED) is 0.714. The number of aromatic nitrogens is 1. The molecule has 4 rings (SSSR count). The molecule has 0 saturated carbocycles. The van der Waals surface area contributed by atoms with Crippen LogP contribution >= 0.6 is 0 Å². The second-order valence-electron chi connectivity index (χ2n) is 7.66. The number of nitrogens with one attached hydrogen (secondary N) is 1. The largest absolute Gasteiger partial charge is 0.496 e. The number of anilines is 1. The number of hydrogen-bond donors (Lipinski definition) is 1. The van der Waals surface area contributed by atoms with Gasteiger partial charge in [-0.15, -0.1) is 0 Å². The van der Waals surface area contributed by atoms with Crippen molar-refractivity contribution in [1.82, 2.24) is 9.88 Å². The number of rotatable bonds is 4. The van der Waals surface area contributed by atoms with Crippen LogP contribution in [0.4, 0.5) is 5.82 Å². The zero-order valence-electron chi connectivity index (χ0n) is 17.2. The molecule has 2 amide bonds. The van der Waals surface area contributed by atoms with Gasteiger partial charge >= 0.3 is 0 Å². The van der Waals surface area contributed by atoms with Gasteiger partial charge in [0.1, 0.15) is 11.6 Å². The van der Waals surface area contributed by atoms with Gasteiger partial charge in [0.2, 0.25) is 5.91 Å². The molecule has 1 unspecified atom stereocenters. The molecule has 30 heavy (non-hydrogen) atoms. The number of piperidine rings is 1. The Hall–Kier alpha value is -3.41. The van der Waals surface area contributed by atoms with E-state index < -0.39 is 0 Å². The van der Waals surface area contributed by atoms with Crippen LogP contribution in [0.1, 0.15) is 28.8 Å². The SMILES string of the molecule is COc1ccc(C(=O)N2CCCC(C(=O)Nc3ccc(C)cn3)C2)c2ccccc12. The fourth-order valence-corrected chi connectivity index (χ4v) is 3.95. The molecule has 3 aromatic rings. The topological polar surface area (TPSA) is 71.5 Å². The van der Waals surface area contributed by atoms with Crippen molar-refractivity contribution in [2.24, 2.45) is 5.92 Å². The van der Waals surface area contributed by atoms with Gasteiger partial charge in [0, 0.05) is 30.2 Å². The first-order chi connectivity index (χ1) is 14.6. The molecule has 1 N–H and O–H groups in total. The molecule has 6 heteroatoms. The Kier molecular flexibility index (Phi) is 5.65. The third-order valence-electron chi connectivity index (χ3n) is 5.58. The lowest BCUT2D eigenvalue weighted by atomic mass is 9.95. The summed E-state index contributed by atoms with van der Waals surface area (Å²) in [6.45, 7) is 2.99. The molecule has 0 aliphatic carbocycles. The maximum absolute atomic E-state index is 13.3. The zero-order chi connectivity index (χ0) is 21.1. The van der Waals surface area contributed by atoms with E-state index in [2.05, 4.69) is 10.3 Å². The number of aryl methyl sites for hydroxylation is 1. The highest BCUT2D eigenvalue weighted by Gasteiger charge is 2.30. The standard InChI is InChI=1S/C24H25N3O3/c1-16-9-12-22(25-14-16)26-23(28)17-6-5-13-27(15-17)24(29)20-10-11-21(30-2)19-8-4-3-7-18(19)20/h3-4,7-12,14,17H,5-6,13,15H2,1-2H3,(H,25,26,28). The number of nitrogens with zero attached hydrogens (tertiary/aromatic N) is 2. The number of pyridine rings is 1. The molecule has 2 aromatic carbocycles. The predicted molar refractivity (Wildman–Crippen MR) is 117 cm³/mol. The summed E-state index contributed by atoms with van der Waals surface area (Å²) in [7, 11) is 1.63. The van der Waals surface area contributed by atoms with Crippen molar-refractivity contribution in [3.8, 4) is 5.75 Å². The second-order valence-corrected chi connectivity index (χ2v) is 7.66. The van der Waals surface area contributed by atoms with Crippen molar-refractivity contribution < 1.29 is 14.3 Å². The number of benzene rings is 2. The smallest absolute Gasteiger partial charge is 0.254 e. The number of ether oxygens (including phenoxy) is 1. The summed E-state index contributed by atoms with van der Waals surface area (Å²) >= 11 is 0. The number of amides is 2. The zero-order valence-corrected chi connectivity index (χ0v) is 17.2. The van der Waals surface area contributed by atoms with Crippen molar-refractivity contribution in [1.29, 1.82) is 0 Å². The van der Waals surface area contributed by atoms with Crippen molar-refractivity contribution in [3.63, 3.8) is 0 Å². The van der Waals surface area contributed by atoms with Crippen molar-refractivity contribution in [3.05, 3.63) is 65.9 Å². The fraction of sp³-hybridized carbons (Fsp3) is 0.292. The van der Waals surface area contributed by atoms with Crippen LogP contribution in [0.25, 0.3) is 10.8 Å². The van der Waals surface area contributed by atoms with E-state index in [0.717, 1.165) is 34.9 Å². The first kappa shape index (κ1) is 19.9. The molecule has 1 aliphatic rings. The summed E-state index contributed by atoms with van der Waals surface area (Å²) in [4.78, 5) is 32.1. The van der Waals surface area contributed by atoms with Gasteiger partial charge in [0.15, 0.2) is 0 Å². The number of carbonyl (C=O) groups is 2. The third kappa shape index (κ3) is 3.99. The van der Waals surface area contributed by atoms with Gasteiger partial charge in [-0.25, -0.2) is 4.98 Å². The lowest BCUT2D eigenvalue weighted by Crippen LogP contribution is -2.43. The van der Waals surface area contributed by atoms with Crippen molar-refractivity contribution >= 4 is 28.4 Å². The Morgan fingerprint density at radius 2 is 1.90 bits per heavy atom. The van der Waals surface area contributed by atoms with Crippen LogP contribution in [0.2, 0.25) is 0 Å². The molecule has 1 aromatic heterocycles. The Morgan fingerprint density at radius 3 is 2.63 bits per heavy atom. The Morgan fingerprint density at radius 1 is 1.10 bits per heavy atom. The summed E-state index contributed by atoms with van der Waals surface area (Å²) in [5.41, 5.74) is 1.67. The highest BCUT2D eigenvalue weighted by Crippen LogP contribution is 2.30. The monoisotopic (exact) mass is 403 g/mol. The first-order valence-corrected chi connectivity index (χ1v) is 10.2. The molecule has 1 fully saturated rings. The summed E-state index contributed by atoms with van der Waals surface area (Å²) < 4.78 is 5.44. The van der Waals surface area contributed by atoms with Crippen LogP contribution in [0.3, 0.4) is 0 Å². The molecule has 1 saturated heterocycles. The summed E-state index contributed by atoms with van der Waals surface area (Å²) in [6.07, 6.45) is 3.27. The molecule has 154 valence electrons. The second kappa shape index (κ2) is 8.53. The first-order valence-electron chi connectivity index (χ1n) is 10.2. The maximum atomic E-state index is 13.3. The number of carbonyl (C=O) groups excluding carboxylic acids is 2. The Labute approximate surface area is 175 Å². The van der Waals surface area contributed by atoms with Gasteiger partial charge in [-0.2, -0.15) is 0 Å². The number of likely N-dealkylation sites (tertiary alicyclic amines) is 1. The Bertz CT molecular complexity index is 1080. The Balaban J connectivity index is 1.52. The summed E-state index contributed by atoms with van der Waals surface area (Å²) in [6, 6.07) is 15.1. The molecular formula is C24H25N3O3. The molecule has 1 aliphatic heterocycles. The van der Waals surface area contributed by atoms with E-state index >= 15 is 0 Å². The average molecular weight is 403 g/mol. The molecular weight excluding hydrogens is 378 g/mol. The third-order valence-corrected chi connectivity index (χ3v) is 5.58. The highest BCUT2D eigenvalue weighted by molar-refractivity contribution is 6.08. The van der Waals surface area contributed by atoms with E-state index in [1.54, 1.807) is 24.3 Å². The molecule has 0 spiro atoms. The van der Waals surface area contributed by atoms with E-state index in [1.807, 2.05) is 49.4 Å². The van der Waals surface area contributed by atoms with Gasteiger partial charge < -0.3 is 15.0 Å². The minimum atomic E-state index is -0.254. The molecule has 0 bridgehead atoms. The summed E-state index contributed by atoms with van der Waals surface area (Å²) in [5.74, 6) is 0.873. The predicted octanol–water partition coefficient (Wildman–Crippen LogP) is 4.04. The van der Waals surface area contributed by atoms with Crippen molar-refractivity contribution in [2.45, 2.75) is 19.8 Å². The van der Waals surface area contributed by atoms with Gasteiger partial charge in [-0.3, -0.25) is 9.59 Å². The molecule has 0 radical (unpaired) electrons. The molecule has 6 nitrogen and oxygen atoms in total. The normalized spacial score (nSPS) is 16.3. The number of hydrogen-bond acceptors (Lipinski definition) is 4. The van der Waals surface area contributed by atoms with E-state index in [0.29, 0.717) is 24.5 Å². The van der Waals surface area contributed by atoms with Gasteiger partial charge in [-0.1, -0.05) is 30.3 Å². The summed E-state index contributed by atoms with van der Waals surface area (Å²) in [5, 5.41) is 4.64. The van der Waals surface area contributed by atoms with Crippen LogP contribution < -0.4 is 10.1 Å². The van der Waals surface area contributed by atoms with E-state index in [-0.39, 0.29) is 17.7 Å². The number of methoxy groups -OCH3 is 1. The van der Waals surface area contributed by atoms with Gasteiger partial charge in [-0.05, 0) is 48.9 Å².